The largest absolute Gasteiger partial charge is 0.333 e. The molecule has 0 aromatic carbocycles. The van der Waals surface area contributed by atoms with Gasteiger partial charge in [0.25, 0.3) is 0 Å². The lowest BCUT2D eigenvalue weighted by Gasteiger charge is -2.02. The number of aromatic nitrogens is 3. The van der Waals surface area contributed by atoms with Gasteiger partial charge in [0.2, 0.25) is 0 Å². The number of rotatable bonds is 5. The number of hydrogen-bond donors (Lipinski definition) is 1. The quantitative estimate of drug-likeness (QED) is 0.844. The summed E-state index contributed by atoms with van der Waals surface area (Å²) in [5, 5.41) is 3.12. The molecule has 0 amide bonds. The van der Waals surface area contributed by atoms with E-state index in [0.29, 0.717) is 0 Å². The van der Waals surface area contributed by atoms with E-state index in [2.05, 4.69) is 39.0 Å². The van der Waals surface area contributed by atoms with Crippen LogP contribution in [0.15, 0.2) is 31.0 Å². The Kier molecular flexibility index (Phi) is 3.88. The maximum Gasteiger partial charge on any atom is 0.0952 e. The van der Waals surface area contributed by atoms with E-state index in [1.54, 1.807) is 0 Å². The van der Waals surface area contributed by atoms with Crippen LogP contribution < -0.4 is 5.32 Å². The maximum absolute atomic E-state index is 4.37. The second-order valence-corrected chi connectivity index (χ2v) is 4.26. The number of nitrogens with one attached hydrogen (secondary N) is 1. The van der Waals surface area contributed by atoms with Crippen molar-refractivity contribution in [1.29, 1.82) is 0 Å². The summed E-state index contributed by atoms with van der Waals surface area (Å²) in [4.78, 5) is 8.57. The van der Waals surface area contributed by atoms with Crippen LogP contribution >= 0.6 is 0 Å². The molecule has 90 valence electrons. The number of nitrogens with zero attached hydrogens (tertiary/aromatic N) is 3. The molecule has 0 atom stereocenters. The van der Waals surface area contributed by atoms with E-state index < -0.39 is 0 Å². The molecule has 17 heavy (non-hydrogen) atoms. The van der Waals surface area contributed by atoms with Gasteiger partial charge in [0.1, 0.15) is 0 Å². The molecule has 0 unspecified atom stereocenters. The highest BCUT2D eigenvalue weighted by Crippen LogP contribution is 2.05. The Labute approximate surface area is 102 Å². The van der Waals surface area contributed by atoms with Gasteiger partial charge in [0.15, 0.2) is 0 Å². The fourth-order valence-electron chi connectivity index (χ4n) is 1.79. The van der Waals surface area contributed by atoms with E-state index in [1.807, 2.05) is 25.8 Å². The van der Waals surface area contributed by atoms with Crippen molar-refractivity contribution in [3.63, 3.8) is 0 Å². The van der Waals surface area contributed by atoms with Crippen molar-refractivity contribution in [3.05, 3.63) is 47.8 Å². The molecule has 2 aromatic heterocycles. The lowest BCUT2D eigenvalue weighted by atomic mass is 10.2. The first-order valence-electron chi connectivity index (χ1n) is 5.83. The van der Waals surface area contributed by atoms with E-state index in [0.717, 1.165) is 25.2 Å². The van der Waals surface area contributed by atoms with E-state index in [4.69, 9.17) is 0 Å². The normalized spacial score (nSPS) is 10.7. The summed E-state index contributed by atoms with van der Waals surface area (Å²) in [7, 11) is 1.95. The summed E-state index contributed by atoms with van der Waals surface area (Å²) < 4.78 is 2.10. The first-order valence-corrected chi connectivity index (χ1v) is 5.83. The van der Waals surface area contributed by atoms with Crippen LogP contribution in [0.1, 0.15) is 16.8 Å². The first-order chi connectivity index (χ1) is 8.28. The number of imidazole rings is 1. The van der Waals surface area contributed by atoms with Crippen LogP contribution in [0.25, 0.3) is 0 Å². The van der Waals surface area contributed by atoms with Crippen LogP contribution in [-0.2, 0) is 13.0 Å². The van der Waals surface area contributed by atoms with Gasteiger partial charge in [-0.25, -0.2) is 4.98 Å². The molecule has 0 aliphatic rings. The highest BCUT2D eigenvalue weighted by molar-refractivity contribution is 5.17. The van der Waals surface area contributed by atoms with Crippen LogP contribution in [0.2, 0.25) is 0 Å². The number of pyridine rings is 1. The van der Waals surface area contributed by atoms with Crippen LogP contribution in [0.5, 0.6) is 0 Å². The van der Waals surface area contributed by atoms with Crippen molar-refractivity contribution in [2.75, 3.05) is 13.6 Å². The van der Waals surface area contributed by atoms with E-state index in [-0.39, 0.29) is 0 Å². The van der Waals surface area contributed by atoms with Crippen LogP contribution in [0.3, 0.4) is 0 Å². The van der Waals surface area contributed by atoms with E-state index >= 15 is 0 Å². The van der Waals surface area contributed by atoms with Crippen molar-refractivity contribution >= 4 is 0 Å². The number of likely N-dealkylation sites (N-methyl/N-ethyl adjacent to an activating group) is 1. The first kappa shape index (κ1) is 11.8. The average Bonchev–Trinajstić information content (AvgIpc) is 2.74. The molecule has 2 rings (SSSR count). The SMILES string of the molecule is CNCCc1cn(Cc2cncc(C)c2)cn1. The van der Waals surface area contributed by atoms with Gasteiger partial charge < -0.3 is 9.88 Å². The van der Waals surface area contributed by atoms with Gasteiger partial charge in [0, 0.05) is 31.6 Å². The van der Waals surface area contributed by atoms with Gasteiger partial charge in [-0.05, 0) is 25.1 Å². The van der Waals surface area contributed by atoms with Crippen molar-refractivity contribution in [1.82, 2.24) is 19.9 Å². The minimum atomic E-state index is 0.835. The zero-order valence-electron chi connectivity index (χ0n) is 10.3. The number of hydrogen-bond acceptors (Lipinski definition) is 3. The minimum absolute atomic E-state index is 0.835. The maximum atomic E-state index is 4.37. The summed E-state index contributed by atoms with van der Waals surface area (Å²) in [6.07, 6.45) is 8.72. The van der Waals surface area contributed by atoms with Gasteiger partial charge in [-0.2, -0.15) is 0 Å². The lowest BCUT2D eigenvalue weighted by Crippen LogP contribution is -2.10. The highest BCUT2D eigenvalue weighted by Gasteiger charge is 2.00. The highest BCUT2D eigenvalue weighted by atomic mass is 15.0. The Morgan fingerprint density at radius 3 is 3.00 bits per heavy atom. The minimum Gasteiger partial charge on any atom is -0.333 e. The van der Waals surface area contributed by atoms with E-state index in [9.17, 15) is 0 Å². The predicted octanol–water partition coefficient (Wildman–Crippen LogP) is 1.40. The molecule has 0 aliphatic carbocycles. The molecule has 4 heteroatoms. The zero-order chi connectivity index (χ0) is 12.1. The average molecular weight is 230 g/mol. The Bertz CT molecular complexity index is 476. The smallest absolute Gasteiger partial charge is 0.0952 e. The second kappa shape index (κ2) is 5.59. The molecule has 0 aliphatic heterocycles. The van der Waals surface area contributed by atoms with Crippen molar-refractivity contribution in [3.8, 4) is 0 Å². The molecule has 0 saturated heterocycles. The monoisotopic (exact) mass is 230 g/mol. The summed E-state index contributed by atoms with van der Waals surface area (Å²) in [5.74, 6) is 0. The topological polar surface area (TPSA) is 42.7 Å². The molecule has 2 aromatic rings. The molecule has 2 heterocycles. The van der Waals surface area contributed by atoms with Crippen LogP contribution in [0.4, 0.5) is 0 Å². The third kappa shape index (κ3) is 3.39. The van der Waals surface area contributed by atoms with Crippen molar-refractivity contribution in [2.45, 2.75) is 19.9 Å². The van der Waals surface area contributed by atoms with Gasteiger partial charge in [0.05, 0.1) is 18.6 Å². The third-order valence-electron chi connectivity index (χ3n) is 2.61. The van der Waals surface area contributed by atoms with E-state index in [1.165, 1.54) is 11.1 Å². The molecule has 0 spiro atoms. The molecule has 0 radical (unpaired) electrons. The Morgan fingerprint density at radius 1 is 1.35 bits per heavy atom. The lowest BCUT2D eigenvalue weighted by molar-refractivity contribution is 0.772. The van der Waals surface area contributed by atoms with Gasteiger partial charge in [-0.1, -0.05) is 6.07 Å². The zero-order valence-corrected chi connectivity index (χ0v) is 10.3. The fourth-order valence-corrected chi connectivity index (χ4v) is 1.79. The number of aryl methyl sites for hydroxylation is 1. The molecule has 0 saturated carbocycles. The Morgan fingerprint density at radius 2 is 2.24 bits per heavy atom. The van der Waals surface area contributed by atoms with Crippen molar-refractivity contribution < 1.29 is 0 Å². The summed E-state index contributed by atoms with van der Waals surface area (Å²) >= 11 is 0. The second-order valence-electron chi connectivity index (χ2n) is 4.26. The Hall–Kier alpha value is -1.68. The molecule has 4 nitrogen and oxygen atoms in total. The summed E-state index contributed by atoms with van der Waals surface area (Å²) in [6, 6.07) is 2.15. The third-order valence-corrected chi connectivity index (χ3v) is 2.61. The van der Waals surface area contributed by atoms with Crippen LogP contribution in [0, 0.1) is 6.92 Å². The Balaban J connectivity index is 2.01. The van der Waals surface area contributed by atoms with Gasteiger partial charge >= 0.3 is 0 Å². The standard InChI is InChI=1S/C13H18N4/c1-11-5-12(7-15-6-11)8-17-9-13(16-10-17)3-4-14-2/h5-7,9-10,14H,3-4,8H2,1-2H3. The molecule has 0 fully saturated rings. The summed E-state index contributed by atoms with van der Waals surface area (Å²) in [6.45, 7) is 3.85. The molecular formula is C13H18N4. The predicted molar refractivity (Wildman–Crippen MR) is 67.9 cm³/mol. The molecule has 1 N–H and O–H groups in total. The molecule has 0 bridgehead atoms. The van der Waals surface area contributed by atoms with Crippen LogP contribution in [-0.4, -0.2) is 28.1 Å². The van der Waals surface area contributed by atoms with Gasteiger partial charge in [-0.3, -0.25) is 4.98 Å². The van der Waals surface area contributed by atoms with Crippen molar-refractivity contribution in [2.24, 2.45) is 0 Å². The summed E-state index contributed by atoms with van der Waals surface area (Å²) in [5.41, 5.74) is 3.53. The van der Waals surface area contributed by atoms with Gasteiger partial charge in [-0.15, -0.1) is 0 Å². The fraction of sp³-hybridized carbons (Fsp3) is 0.385. The molecular weight excluding hydrogens is 212 g/mol.